The Labute approximate surface area is 119 Å². The van der Waals surface area contributed by atoms with E-state index in [0.717, 1.165) is 5.56 Å². The Kier molecular flexibility index (Phi) is 5.31. The highest BCUT2D eigenvalue weighted by molar-refractivity contribution is 5.81. The number of carboxylic acids is 1. The van der Waals surface area contributed by atoms with Crippen molar-refractivity contribution in [3.8, 4) is 0 Å². The molecule has 1 aromatic carbocycles. The monoisotopic (exact) mass is 278 g/mol. The molecule has 1 N–H and O–H groups in total. The van der Waals surface area contributed by atoms with Crippen LogP contribution in [0.1, 0.15) is 33.3 Å². The van der Waals surface area contributed by atoms with Gasteiger partial charge in [-0.1, -0.05) is 37.3 Å². The van der Waals surface area contributed by atoms with E-state index < -0.39 is 29.4 Å². The third kappa shape index (κ3) is 5.03. The molecule has 0 spiro atoms. The molecule has 0 aliphatic heterocycles. The lowest BCUT2D eigenvalue weighted by Gasteiger charge is -2.25. The molecule has 1 aromatic rings. The minimum Gasteiger partial charge on any atom is -0.481 e. The lowest BCUT2D eigenvalue weighted by Crippen LogP contribution is -2.35. The van der Waals surface area contributed by atoms with Crippen LogP contribution in [-0.2, 0) is 20.7 Å². The third-order valence-electron chi connectivity index (χ3n) is 3.00. The second-order valence-corrected chi connectivity index (χ2v) is 5.96. The lowest BCUT2D eigenvalue weighted by atomic mass is 9.88. The smallest absolute Gasteiger partial charge is 0.310 e. The van der Waals surface area contributed by atoms with Crippen LogP contribution in [0.3, 0.4) is 0 Å². The van der Waals surface area contributed by atoms with Crippen LogP contribution < -0.4 is 0 Å². The largest absolute Gasteiger partial charge is 0.481 e. The van der Waals surface area contributed by atoms with Crippen LogP contribution in [0.25, 0.3) is 0 Å². The van der Waals surface area contributed by atoms with Crippen LogP contribution in [0.4, 0.5) is 0 Å². The van der Waals surface area contributed by atoms with Gasteiger partial charge in [-0.05, 0) is 32.8 Å². The number of benzene rings is 1. The Morgan fingerprint density at radius 3 is 2.20 bits per heavy atom. The lowest BCUT2D eigenvalue weighted by molar-refractivity contribution is -0.165. The zero-order valence-corrected chi connectivity index (χ0v) is 12.4. The van der Waals surface area contributed by atoms with Crippen LogP contribution in [0.2, 0.25) is 0 Å². The molecular formula is C16H22O4. The van der Waals surface area contributed by atoms with Gasteiger partial charge in [0.15, 0.2) is 0 Å². The number of hydrogen-bond donors (Lipinski definition) is 1. The molecule has 0 fully saturated rings. The van der Waals surface area contributed by atoms with E-state index in [9.17, 15) is 14.7 Å². The highest BCUT2D eigenvalue weighted by atomic mass is 16.6. The van der Waals surface area contributed by atoms with Crippen molar-refractivity contribution in [1.29, 1.82) is 0 Å². The number of aliphatic carboxylic acids is 1. The van der Waals surface area contributed by atoms with Gasteiger partial charge in [-0.25, -0.2) is 0 Å². The van der Waals surface area contributed by atoms with Gasteiger partial charge in [0.1, 0.15) is 5.60 Å². The SMILES string of the molecule is CC(C(=O)OC(C)(C)C)C(Cc1ccccc1)C(=O)O. The van der Waals surface area contributed by atoms with Gasteiger partial charge in [0.2, 0.25) is 0 Å². The zero-order chi connectivity index (χ0) is 15.3. The van der Waals surface area contributed by atoms with Crippen LogP contribution in [0.15, 0.2) is 30.3 Å². The van der Waals surface area contributed by atoms with Gasteiger partial charge in [-0.3, -0.25) is 9.59 Å². The first-order chi connectivity index (χ1) is 9.20. The fourth-order valence-corrected chi connectivity index (χ4v) is 1.90. The fraction of sp³-hybridized carbons (Fsp3) is 0.500. The average molecular weight is 278 g/mol. The maximum absolute atomic E-state index is 12.0. The van der Waals surface area contributed by atoms with Crippen molar-refractivity contribution >= 4 is 11.9 Å². The summed E-state index contributed by atoms with van der Waals surface area (Å²) in [7, 11) is 0. The normalized spacial score (nSPS) is 14.4. The molecule has 110 valence electrons. The van der Waals surface area contributed by atoms with E-state index in [1.54, 1.807) is 27.7 Å². The van der Waals surface area contributed by atoms with Gasteiger partial charge in [0.25, 0.3) is 0 Å². The Balaban J connectivity index is 2.81. The first-order valence-corrected chi connectivity index (χ1v) is 6.70. The molecule has 0 radical (unpaired) electrons. The highest BCUT2D eigenvalue weighted by Gasteiger charge is 2.33. The van der Waals surface area contributed by atoms with Gasteiger partial charge < -0.3 is 9.84 Å². The summed E-state index contributed by atoms with van der Waals surface area (Å²) in [6, 6.07) is 9.30. The molecule has 20 heavy (non-hydrogen) atoms. The minimum atomic E-state index is -0.979. The van der Waals surface area contributed by atoms with E-state index in [1.807, 2.05) is 30.3 Å². The average Bonchev–Trinajstić information content (AvgIpc) is 2.34. The Bertz CT molecular complexity index is 459. The number of hydrogen-bond acceptors (Lipinski definition) is 3. The number of carbonyl (C=O) groups is 2. The van der Waals surface area contributed by atoms with E-state index >= 15 is 0 Å². The van der Waals surface area contributed by atoms with Crippen molar-refractivity contribution in [1.82, 2.24) is 0 Å². The Hall–Kier alpha value is -1.84. The Morgan fingerprint density at radius 2 is 1.75 bits per heavy atom. The van der Waals surface area contributed by atoms with Gasteiger partial charge in [0.05, 0.1) is 11.8 Å². The summed E-state index contributed by atoms with van der Waals surface area (Å²) < 4.78 is 5.27. The molecule has 0 saturated heterocycles. The Morgan fingerprint density at radius 1 is 1.20 bits per heavy atom. The molecule has 0 aliphatic rings. The van der Waals surface area contributed by atoms with Crippen molar-refractivity contribution in [3.05, 3.63) is 35.9 Å². The molecule has 0 aliphatic carbocycles. The fourth-order valence-electron chi connectivity index (χ4n) is 1.90. The van der Waals surface area contributed by atoms with Crippen LogP contribution in [-0.4, -0.2) is 22.6 Å². The first-order valence-electron chi connectivity index (χ1n) is 6.70. The first kappa shape index (κ1) is 16.2. The molecule has 0 heterocycles. The van der Waals surface area contributed by atoms with E-state index in [2.05, 4.69) is 0 Å². The van der Waals surface area contributed by atoms with Gasteiger partial charge in [-0.15, -0.1) is 0 Å². The van der Waals surface area contributed by atoms with Crippen molar-refractivity contribution in [2.45, 2.75) is 39.7 Å². The molecule has 0 saturated carbocycles. The second kappa shape index (κ2) is 6.55. The van der Waals surface area contributed by atoms with Crippen LogP contribution >= 0.6 is 0 Å². The second-order valence-electron chi connectivity index (χ2n) is 5.96. The van der Waals surface area contributed by atoms with Crippen LogP contribution in [0, 0.1) is 11.8 Å². The minimum absolute atomic E-state index is 0.316. The number of carboxylic acid groups (broad SMARTS) is 1. The van der Waals surface area contributed by atoms with E-state index in [0.29, 0.717) is 6.42 Å². The summed E-state index contributed by atoms with van der Waals surface area (Å²) >= 11 is 0. The molecule has 1 rings (SSSR count). The molecule has 0 bridgehead atoms. The molecule has 0 amide bonds. The van der Waals surface area contributed by atoms with E-state index in [4.69, 9.17) is 4.74 Å². The van der Waals surface area contributed by atoms with Gasteiger partial charge in [-0.2, -0.15) is 0 Å². The maximum Gasteiger partial charge on any atom is 0.310 e. The number of ether oxygens (including phenoxy) is 1. The highest BCUT2D eigenvalue weighted by Crippen LogP contribution is 2.22. The quantitative estimate of drug-likeness (QED) is 0.841. The van der Waals surface area contributed by atoms with Crippen molar-refractivity contribution in [2.75, 3.05) is 0 Å². The summed E-state index contributed by atoms with van der Waals surface area (Å²) in [5.41, 5.74) is 0.288. The molecule has 4 nitrogen and oxygen atoms in total. The predicted octanol–water partition coefficient (Wildman–Crippen LogP) is 2.91. The third-order valence-corrected chi connectivity index (χ3v) is 3.00. The van der Waals surface area contributed by atoms with Crippen molar-refractivity contribution < 1.29 is 19.4 Å². The molecule has 0 aromatic heterocycles. The molecule has 2 unspecified atom stereocenters. The number of carbonyl (C=O) groups excluding carboxylic acids is 1. The topological polar surface area (TPSA) is 63.6 Å². The molecule has 2 atom stereocenters. The standard InChI is InChI=1S/C16H22O4/c1-11(15(19)20-16(2,3)4)13(14(17)18)10-12-8-6-5-7-9-12/h5-9,11,13H,10H2,1-4H3,(H,17,18). The van der Waals surface area contributed by atoms with E-state index in [1.165, 1.54) is 0 Å². The zero-order valence-electron chi connectivity index (χ0n) is 12.4. The summed E-state index contributed by atoms with van der Waals surface area (Å²) in [4.78, 5) is 23.4. The van der Waals surface area contributed by atoms with Crippen molar-refractivity contribution in [3.63, 3.8) is 0 Å². The van der Waals surface area contributed by atoms with Crippen molar-refractivity contribution in [2.24, 2.45) is 11.8 Å². The maximum atomic E-state index is 12.0. The predicted molar refractivity (Wildman–Crippen MR) is 76.3 cm³/mol. The molecule has 4 heteroatoms. The number of esters is 1. The number of rotatable bonds is 5. The summed E-state index contributed by atoms with van der Waals surface area (Å²) in [5, 5.41) is 9.34. The molecular weight excluding hydrogens is 256 g/mol. The van der Waals surface area contributed by atoms with Gasteiger partial charge in [0, 0.05) is 0 Å². The summed E-state index contributed by atoms with van der Waals surface area (Å²) in [6.07, 6.45) is 0.316. The van der Waals surface area contributed by atoms with Gasteiger partial charge >= 0.3 is 11.9 Å². The van der Waals surface area contributed by atoms with Crippen LogP contribution in [0.5, 0.6) is 0 Å². The summed E-state index contributed by atoms with van der Waals surface area (Å²) in [6.45, 7) is 6.91. The summed E-state index contributed by atoms with van der Waals surface area (Å²) in [5.74, 6) is -2.92. The van der Waals surface area contributed by atoms with E-state index in [-0.39, 0.29) is 0 Å².